The molecule has 1 saturated carbocycles. The van der Waals surface area contributed by atoms with Gasteiger partial charge in [-0.3, -0.25) is 24.0 Å². The first-order valence-corrected chi connectivity index (χ1v) is 14.1. The molecule has 12 atom stereocenters. The fourth-order valence-electron chi connectivity index (χ4n) is 7.78. The van der Waals surface area contributed by atoms with Crippen molar-refractivity contribution in [1.29, 1.82) is 0 Å². The molecule has 0 radical (unpaired) electrons. The first-order valence-electron chi connectivity index (χ1n) is 13.6. The van der Waals surface area contributed by atoms with Crippen LogP contribution in [0.3, 0.4) is 0 Å². The molecule has 0 aromatic carbocycles. The molecule has 4 heterocycles. The maximum atomic E-state index is 13.2. The molecule has 0 aromatic rings. The lowest BCUT2D eigenvalue weighted by Crippen LogP contribution is -2.77. The Morgan fingerprint density at radius 1 is 0.951 bits per heavy atom. The summed E-state index contributed by atoms with van der Waals surface area (Å²) in [4.78, 5) is 63.7. The highest BCUT2D eigenvalue weighted by Gasteiger charge is 2.80. The average Bonchev–Trinajstić information content (AvgIpc) is 3.58. The van der Waals surface area contributed by atoms with E-state index in [9.17, 15) is 24.0 Å². The molecule has 13 heteroatoms. The van der Waals surface area contributed by atoms with E-state index in [-0.39, 0.29) is 12.2 Å². The number of carbonyl (C=O) groups excluding carboxylic acids is 5. The Hall–Kier alpha value is -2.70. The van der Waals surface area contributed by atoms with E-state index >= 15 is 0 Å². The van der Waals surface area contributed by atoms with Crippen LogP contribution in [0.15, 0.2) is 12.2 Å². The molecular formula is C28H35ClO12. The van der Waals surface area contributed by atoms with Crippen LogP contribution in [0.4, 0.5) is 0 Å². The van der Waals surface area contributed by atoms with Gasteiger partial charge in [0.2, 0.25) is 0 Å². The van der Waals surface area contributed by atoms with E-state index < -0.39 is 100 Å². The first kappa shape index (κ1) is 29.8. The highest BCUT2D eigenvalue weighted by molar-refractivity contribution is 6.23. The van der Waals surface area contributed by atoms with Crippen LogP contribution in [0.2, 0.25) is 0 Å². The van der Waals surface area contributed by atoms with Crippen molar-refractivity contribution >= 4 is 41.4 Å². The Labute approximate surface area is 242 Å². The van der Waals surface area contributed by atoms with Crippen LogP contribution in [-0.4, -0.2) is 89.7 Å². The molecule has 5 rings (SSSR count). The molecule has 5 fully saturated rings. The predicted octanol–water partition coefficient (Wildman–Crippen LogP) is 1.77. The Kier molecular flexibility index (Phi) is 7.22. The number of alkyl halides is 1. The number of hydrogen-bond acceptors (Lipinski definition) is 12. The van der Waals surface area contributed by atoms with Gasteiger partial charge in [0, 0.05) is 33.6 Å². The number of rotatable bonds is 4. The summed E-state index contributed by atoms with van der Waals surface area (Å²) in [5.41, 5.74) is -3.83. The Morgan fingerprint density at radius 3 is 2.05 bits per heavy atom. The zero-order valence-corrected chi connectivity index (χ0v) is 24.6. The van der Waals surface area contributed by atoms with E-state index in [4.69, 9.17) is 44.8 Å². The van der Waals surface area contributed by atoms with Gasteiger partial charge in [0.15, 0.2) is 23.9 Å². The smallest absolute Gasteiger partial charge is 0.312 e. The monoisotopic (exact) mass is 598 g/mol. The summed E-state index contributed by atoms with van der Waals surface area (Å²) < 4.78 is 42.4. The third-order valence-electron chi connectivity index (χ3n) is 9.46. The number of carbonyl (C=O) groups is 5. The zero-order valence-electron chi connectivity index (χ0n) is 23.8. The molecule has 1 aliphatic carbocycles. The van der Waals surface area contributed by atoms with E-state index in [0.717, 1.165) is 0 Å². The van der Waals surface area contributed by atoms with Crippen molar-refractivity contribution < 1.29 is 57.1 Å². The second-order valence-corrected chi connectivity index (χ2v) is 12.4. The van der Waals surface area contributed by atoms with Crippen LogP contribution < -0.4 is 0 Å². The van der Waals surface area contributed by atoms with Crippen molar-refractivity contribution in [3.05, 3.63) is 12.2 Å². The highest BCUT2D eigenvalue weighted by Crippen LogP contribution is 2.65. The van der Waals surface area contributed by atoms with E-state index in [0.29, 0.717) is 12.8 Å². The van der Waals surface area contributed by atoms with Crippen molar-refractivity contribution in [1.82, 2.24) is 0 Å². The minimum absolute atomic E-state index is 0.207. The van der Waals surface area contributed by atoms with Gasteiger partial charge in [-0.25, -0.2) is 0 Å². The van der Waals surface area contributed by atoms with Crippen LogP contribution in [0.5, 0.6) is 0 Å². The number of esters is 5. The molecule has 0 N–H and O–H groups in total. The lowest BCUT2D eigenvalue weighted by molar-refractivity contribution is -0.308. The molecule has 12 nitrogen and oxygen atoms in total. The normalized spacial score (nSPS) is 46.2. The molecule has 0 aromatic heterocycles. The van der Waals surface area contributed by atoms with Crippen molar-refractivity contribution in [3.63, 3.8) is 0 Å². The largest absolute Gasteiger partial charge is 0.462 e. The van der Waals surface area contributed by atoms with Crippen molar-refractivity contribution in [3.8, 4) is 0 Å². The first-order chi connectivity index (χ1) is 19.1. The van der Waals surface area contributed by atoms with E-state index in [1.807, 2.05) is 0 Å². The van der Waals surface area contributed by atoms with Gasteiger partial charge in [0.05, 0.1) is 28.9 Å². The third kappa shape index (κ3) is 4.36. The quantitative estimate of drug-likeness (QED) is 0.152. The number of fused-ring (bicyclic) bond motifs is 3. The van der Waals surface area contributed by atoms with Crippen molar-refractivity contribution in [2.24, 2.45) is 17.3 Å². The van der Waals surface area contributed by atoms with Crippen molar-refractivity contribution in [2.75, 3.05) is 6.61 Å². The molecule has 2 bridgehead atoms. The van der Waals surface area contributed by atoms with Gasteiger partial charge in [-0.05, 0) is 25.3 Å². The lowest BCUT2D eigenvalue weighted by Gasteiger charge is -2.62. The topological polar surface area (TPSA) is 153 Å². The SMILES string of the molecule is C=C1[C@@H](Cl)[C@@H]2OC(=O)C(C)[C@@]23O[C@@H]1[C@H](OC(C)=O)[C@@H](OC(C)=O)[C@@]1(C)[C@H]([C@H]3OC(C)=O)C2(CC[C@H]1OC(C)=O)CO2. The number of hydrogen-bond donors (Lipinski definition) is 0. The zero-order chi connectivity index (χ0) is 30.2. The second kappa shape index (κ2) is 9.95. The maximum absolute atomic E-state index is 13.2. The molecule has 226 valence electrons. The van der Waals surface area contributed by atoms with Crippen LogP contribution in [0.1, 0.15) is 54.4 Å². The summed E-state index contributed by atoms with van der Waals surface area (Å²) in [5, 5.41) is -1.05. The summed E-state index contributed by atoms with van der Waals surface area (Å²) in [7, 11) is 0. The second-order valence-electron chi connectivity index (χ2n) is 11.9. The Balaban J connectivity index is 1.86. The summed E-state index contributed by atoms with van der Waals surface area (Å²) in [6.07, 6.45) is -6.51. The van der Waals surface area contributed by atoms with Gasteiger partial charge in [-0.15, -0.1) is 11.6 Å². The average molecular weight is 599 g/mol. The molecule has 2 spiro atoms. The van der Waals surface area contributed by atoms with Gasteiger partial charge in [0.25, 0.3) is 0 Å². The Bertz CT molecular complexity index is 1200. The number of ether oxygens (including phenoxy) is 7. The van der Waals surface area contributed by atoms with Gasteiger partial charge in [-0.1, -0.05) is 13.5 Å². The molecule has 2 unspecified atom stereocenters. The molecular weight excluding hydrogens is 564 g/mol. The summed E-state index contributed by atoms with van der Waals surface area (Å²) in [6, 6.07) is 0. The summed E-state index contributed by atoms with van der Waals surface area (Å²) >= 11 is 6.93. The fraction of sp³-hybridized carbons (Fsp3) is 0.750. The van der Waals surface area contributed by atoms with Gasteiger partial charge < -0.3 is 33.2 Å². The highest BCUT2D eigenvalue weighted by atomic mass is 35.5. The van der Waals surface area contributed by atoms with E-state index in [1.165, 1.54) is 27.7 Å². The lowest BCUT2D eigenvalue weighted by atomic mass is 9.51. The van der Waals surface area contributed by atoms with Gasteiger partial charge in [-0.2, -0.15) is 0 Å². The van der Waals surface area contributed by atoms with Gasteiger partial charge >= 0.3 is 29.8 Å². The minimum Gasteiger partial charge on any atom is -0.462 e. The van der Waals surface area contributed by atoms with Crippen LogP contribution >= 0.6 is 11.6 Å². The van der Waals surface area contributed by atoms with Gasteiger partial charge in [0.1, 0.15) is 18.3 Å². The minimum atomic E-state index is -1.69. The fourth-order valence-corrected chi connectivity index (χ4v) is 8.15. The van der Waals surface area contributed by atoms with Crippen LogP contribution in [0, 0.1) is 17.3 Å². The summed E-state index contributed by atoms with van der Waals surface area (Å²) in [6.45, 7) is 12.5. The number of epoxide rings is 1. The molecule has 5 aliphatic rings. The van der Waals surface area contributed by atoms with E-state index in [1.54, 1.807) is 13.8 Å². The molecule has 41 heavy (non-hydrogen) atoms. The maximum Gasteiger partial charge on any atom is 0.312 e. The molecule has 4 saturated heterocycles. The third-order valence-corrected chi connectivity index (χ3v) is 9.97. The molecule has 0 amide bonds. The predicted molar refractivity (Wildman–Crippen MR) is 137 cm³/mol. The summed E-state index contributed by atoms with van der Waals surface area (Å²) in [5.74, 6) is -5.25. The standard InChI is InChI=1S/C28H35ClO12/c1-11-18(29)22-28(12(2)25(34)40-22)24(39-16(6)33)21-26(7,17(36-13(3)30)8-9-27(21)10-35-27)23(38-15(5)32)20(19(11)41-28)37-14(4)31/h12,17-24H,1,8-10H2,2-7H3/t12?,17-,18-,19+,20+,21+,22+,23-,24-,26-,27?,28-/m1/s1. The molecule has 4 aliphatic heterocycles. The van der Waals surface area contributed by atoms with E-state index in [2.05, 4.69) is 6.58 Å². The number of halogens is 1. The van der Waals surface area contributed by atoms with Crippen molar-refractivity contribution in [2.45, 2.75) is 108 Å². The van der Waals surface area contributed by atoms with Crippen LogP contribution in [-0.2, 0) is 57.1 Å². The Morgan fingerprint density at radius 2 is 1.51 bits per heavy atom. The van der Waals surface area contributed by atoms with Crippen LogP contribution in [0.25, 0.3) is 0 Å².